The molecule has 3 rings (SSSR count). The number of aromatic nitrogens is 1. The number of methoxy groups -OCH3 is 1. The Bertz CT molecular complexity index is 740. The number of hydrogen-bond donors (Lipinski definition) is 1. The second kappa shape index (κ2) is 9.26. The lowest BCUT2D eigenvalue weighted by Gasteiger charge is -2.37. The molecule has 6 heteroatoms. The van der Waals surface area contributed by atoms with E-state index in [2.05, 4.69) is 33.1 Å². The molecule has 1 aromatic heterocycles. The fourth-order valence-corrected chi connectivity index (χ4v) is 3.29. The molecule has 1 N–H and O–H groups in total. The maximum Gasteiger partial charge on any atom is 0.225 e. The topological polar surface area (TPSA) is 57.7 Å². The standard InChI is InChI=1S/C21H28N4O2/c1-3-4-9-21(26)23-20-11-10-17(16-22-20)24-12-14-25(15-13-24)18-7-5-6-8-19(18)27-2/h5-8,10-11,16H,3-4,9,12-15H2,1-2H3,(H,22,23,26). The average Bonchev–Trinajstić information content (AvgIpc) is 2.73. The van der Waals surface area contributed by atoms with Crippen molar-refractivity contribution in [2.75, 3.05) is 48.4 Å². The van der Waals surface area contributed by atoms with Gasteiger partial charge in [0.05, 0.1) is 24.7 Å². The van der Waals surface area contributed by atoms with Crippen LogP contribution in [0.2, 0.25) is 0 Å². The molecule has 1 saturated heterocycles. The summed E-state index contributed by atoms with van der Waals surface area (Å²) in [7, 11) is 1.71. The first kappa shape index (κ1) is 19.0. The summed E-state index contributed by atoms with van der Waals surface area (Å²) in [5, 5.41) is 2.86. The third-order valence-corrected chi connectivity index (χ3v) is 4.84. The van der Waals surface area contributed by atoms with Crippen molar-refractivity contribution < 1.29 is 9.53 Å². The number of nitrogens with zero attached hydrogens (tertiary/aromatic N) is 3. The average molecular weight is 368 g/mol. The van der Waals surface area contributed by atoms with E-state index in [0.29, 0.717) is 12.2 Å². The van der Waals surface area contributed by atoms with Crippen LogP contribution in [-0.4, -0.2) is 44.2 Å². The number of benzene rings is 1. The molecule has 0 spiro atoms. The van der Waals surface area contributed by atoms with Crippen molar-refractivity contribution in [2.45, 2.75) is 26.2 Å². The summed E-state index contributed by atoms with van der Waals surface area (Å²) in [6.07, 6.45) is 4.31. The van der Waals surface area contributed by atoms with Gasteiger partial charge in [-0.05, 0) is 30.7 Å². The number of rotatable bonds is 7. The number of nitrogens with one attached hydrogen (secondary N) is 1. The zero-order chi connectivity index (χ0) is 19.1. The van der Waals surface area contributed by atoms with E-state index in [1.54, 1.807) is 7.11 Å². The lowest BCUT2D eigenvalue weighted by atomic mass is 10.2. The van der Waals surface area contributed by atoms with Crippen molar-refractivity contribution in [3.8, 4) is 5.75 Å². The molecule has 0 atom stereocenters. The lowest BCUT2D eigenvalue weighted by molar-refractivity contribution is -0.116. The molecule has 0 aliphatic carbocycles. The van der Waals surface area contributed by atoms with Gasteiger partial charge in [0.15, 0.2) is 0 Å². The quantitative estimate of drug-likeness (QED) is 0.810. The third kappa shape index (κ3) is 4.90. The zero-order valence-corrected chi connectivity index (χ0v) is 16.1. The van der Waals surface area contributed by atoms with Gasteiger partial charge in [0.25, 0.3) is 0 Å². The van der Waals surface area contributed by atoms with E-state index in [9.17, 15) is 4.79 Å². The Morgan fingerprint density at radius 3 is 2.52 bits per heavy atom. The number of anilines is 3. The van der Waals surface area contributed by atoms with E-state index in [1.165, 1.54) is 0 Å². The minimum Gasteiger partial charge on any atom is -0.495 e. The number of hydrogen-bond acceptors (Lipinski definition) is 5. The maximum atomic E-state index is 11.8. The first-order chi connectivity index (χ1) is 13.2. The second-order valence-electron chi connectivity index (χ2n) is 6.70. The molecule has 0 radical (unpaired) electrons. The Hall–Kier alpha value is -2.76. The van der Waals surface area contributed by atoms with Crippen LogP contribution in [0.1, 0.15) is 26.2 Å². The van der Waals surface area contributed by atoms with Gasteiger partial charge in [-0.3, -0.25) is 4.79 Å². The second-order valence-corrected chi connectivity index (χ2v) is 6.70. The highest BCUT2D eigenvalue weighted by atomic mass is 16.5. The fourth-order valence-electron chi connectivity index (χ4n) is 3.29. The molecule has 1 aliphatic rings. The Morgan fingerprint density at radius 2 is 1.85 bits per heavy atom. The minimum absolute atomic E-state index is 0.0301. The van der Waals surface area contributed by atoms with E-state index in [-0.39, 0.29) is 5.91 Å². The van der Waals surface area contributed by atoms with Gasteiger partial charge in [-0.15, -0.1) is 0 Å². The van der Waals surface area contributed by atoms with Gasteiger partial charge in [-0.25, -0.2) is 4.98 Å². The number of carbonyl (C=O) groups is 1. The smallest absolute Gasteiger partial charge is 0.225 e. The summed E-state index contributed by atoms with van der Waals surface area (Å²) >= 11 is 0. The number of ether oxygens (including phenoxy) is 1. The molecule has 1 aliphatic heterocycles. The van der Waals surface area contributed by atoms with Crippen molar-refractivity contribution in [1.29, 1.82) is 0 Å². The van der Waals surface area contributed by atoms with E-state index < -0.39 is 0 Å². The van der Waals surface area contributed by atoms with Crippen LogP contribution in [0.4, 0.5) is 17.2 Å². The first-order valence-electron chi connectivity index (χ1n) is 9.60. The van der Waals surface area contributed by atoms with E-state index >= 15 is 0 Å². The van der Waals surface area contributed by atoms with Crippen LogP contribution in [0.3, 0.4) is 0 Å². The summed E-state index contributed by atoms with van der Waals surface area (Å²) in [4.78, 5) is 20.9. The van der Waals surface area contributed by atoms with Gasteiger partial charge in [0, 0.05) is 32.6 Å². The summed E-state index contributed by atoms with van der Waals surface area (Å²) in [6.45, 7) is 5.77. The Kier molecular flexibility index (Phi) is 6.52. The number of pyridine rings is 1. The van der Waals surface area contributed by atoms with Crippen molar-refractivity contribution in [3.63, 3.8) is 0 Å². The summed E-state index contributed by atoms with van der Waals surface area (Å²) in [5.41, 5.74) is 2.23. The summed E-state index contributed by atoms with van der Waals surface area (Å²) in [5.74, 6) is 1.56. The number of unbranched alkanes of at least 4 members (excludes halogenated alkanes) is 1. The highest BCUT2D eigenvalue weighted by Crippen LogP contribution is 2.29. The molecule has 1 aromatic carbocycles. The van der Waals surface area contributed by atoms with Crippen molar-refractivity contribution in [3.05, 3.63) is 42.6 Å². The first-order valence-corrected chi connectivity index (χ1v) is 9.60. The van der Waals surface area contributed by atoms with Gasteiger partial charge in [-0.1, -0.05) is 25.5 Å². The van der Waals surface area contributed by atoms with Crippen molar-refractivity contribution >= 4 is 23.1 Å². The van der Waals surface area contributed by atoms with Crippen molar-refractivity contribution in [2.24, 2.45) is 0 Å². The molecule has 144 valence electrons. The van der Waals surface area contributed by atoms with Gasteiger partial charge < -0.3 is 19.9 Å². The molecule has 2 heterocycles. The maximum absolute atomic E-state index is 11.8. The van der Waals surface area contributed by atoms with Crippen molar-refractivity contribution in [1.82, 2.24) is 4.98 Å². The molecule has 0 bridgehead atoms. The highest BCUT2D eigenvalue weighted by Gasteiger charge is 2.20. The third-order valence-electron chi connectivity index (χ3n) is 4.84. The molecule has 0 unspecified atom stereocenters. The number of carbonyl (C=O) groups excluding carboxylic acids is 1. The predicted molar refractivity (Wildman–Crippen MR) is 110 cm³/mol. The molecular weight excluding hydrogens is 340 g/mol. The van der Waals surface area contributed by atoms with Crippen LogP contribution in [0.5, 0.6) is 5.75 Å². The van der Waals surface area contributed by atoms with Crippen LogP contribution in [0.25, 0.3) is 0 Å². The van der Waals surface area contributed by atoms with Crippen LogP contribution < -0.4 is 19.9 Å². The van der Waals surface area contributed by atoms with Gasteiger partial charge >= 0.3 is 0 Å². The van der Waals surface area contributed by atoms with Crippen LogP contribution in [0, 0.1) is 0 Å². The molecule has 0 saturated carbocycles. The molecule has 6 nitrogen and oxygen atoms in total. The van der Waals surface area contributed by atoms with Gasteiger partial charge in [0.2, 0.25) is 5.91 Å². The normalized spacial score (nSPS) is 14.1. The number of para-hydroxylation sites is 2. The number of amides is 1. The van der Waals surface area contributed by atoms with E-state index in [0.717, 1.165) is 56.1 Å². The van der Waals surface area contributed by atoms with E-state index in [4.69, 9.17) is 4.74 Å². The predicted octanol–water partition coefficient (Wildman–Crippen LogP) is 3.55. The molecule has 2 aromatic rings. The SMILES string of the molecule is CCCCC(=O)Nc1ccc(N2CCN(c3ccccc3OC)CC2)cn1. The fraction of sp³-hybridized carbons (Fsp3) is 0.429. The summed E-state index contributed by atoms with van der Waals surface area (Å²) < 4.78 is 5.48. The largest absolute Gasteiger partial charge is 0.495 e. The minimum atomic E-state index is 0.0301. The molecule has 1 fully saturated rings. The number of piperazine rings is 1. The van der Waals surface area contributed by atoms with Gasteiger partial charge in [0.1, 0.15) is 11.6 Å². The molecule has 27 heavy (non-hydrogen) atoms. The Balaban J connectivity index is 1.56. The molecule has 1 amide bonds. The van der Waals surface area contributed by atoms with Gasteiger partial charge in [-0.2, -0.15) is 0 Å². The van der Waals surface area contributed by atoms with E-state index in [1.807, 2.05) is 36.5 Å². The highest BCUT2D eigenvalue weighted by molar-refractivity contribution is 5.89. The summed E-state index contributed by atoms with van der Waals surface area (Å²) in [6, 6.07) is 12.0. The monoisotopic (exact) mass is 368 g/mol. The van der Waals surface area contributed by atoms with Crippen LogP contribution in [-0.2, 0) is 4.79 Å². The zero-order valence-electron chi connectivity index (χ0n) is 16.1. The van der Waals surface area contributed by atoms with Crippen LogP contribution in [0.15, 0.2) is 42.6 Å². The molecular formula is C21H28N4O2. The van der Waals surface area contributed by atoms with Crippen LogP contribution >= 0.6 is 0 Å². The Morgan fingerprint density at radius 1 is 1.11 bits per heavy atom. The Labute approximate surface area is 161 Å². The lowest BCUT2D eigenvalue weighted by Crippen LogP contribution is -2.46.